The first-order valence-electron chi connectivity index (χ1n) is 7.30. The molecule has 0 fully saturated rings. The van der Waals surface area contributed by atoms with Gasteiger partial charge in [-0.2, -0.15) is 0 Å². The van der Waals surface area contributed by atoms with Crippen molar-refractivity contribution in [2.45, 2.75) is 25.9 Å². The number of methoxy groups -OCH3 is 1. The Morgan fingerprint density at radius 2 is 2.09 bits per heavy atom. The molecule has 0 saturated heterocycles. The number of carbonyl (C=O) groups excluding carboxylic acids is 1. The van der Waals surface area contributed by atoms with Crippen molar-refractivity contribution in [1.82, 2.24) is 4.90 Å². The minimum Gasteiger partial charge on any atom is -0.494 e. The summed E-state index contributed by atoms with van der Waals surface area (Å²) >= 11 is 0. The van der Waals surface area contributed by atoms with E-state index < -0.39 is 5.82 Å². The Hall–Kier alpha value is -2.36. The van der Waals surface area contributed by atoms with E-state index in [-0.39, 0.29) is 24.1 Å². The molecular weight excluding hydrogens is 281 g/mol. The van der Waals surface area contributed by atoms with E-state index in [0.717, 1.165) is 0 Å². The van der Waals surface area contributed by atoms with Gasteiger partial charge < -0.3 is 9.64 Å². The second kappa shape index (κ2) is 5.79. The van der Waals surface area contributed by atoms with Crippen molar-refractivity contribution in [1.29, 1.82) is 0 Å². The van der Waals surface area contributed by atoms with E-state index in [1.807, 2.05) is 30.0 Å². The maximum atomic E-state index is 13.7. The Morgan fingerprint density at radius 1 is 1.32 bits per heavy atom. The zero-order valence-corrected chi connectivity index (χ0v) is 12.7. The molecule has 0 aliphatic carbocycles. The minimum atomic E-state index is -0.439. The molecule has 2 aromatic rings. The maximum absolute atomic E-state index is 13.7. The molecule has 0 saturated carbocycles. The van der Waals surface area contributed by atoms with Gasteiger partial charge >= 0.3 is 0 Å². The molecule has 0 radical (unpaired) electrons. The topological polar surface area (TPSA) is 29.5 Å². The highest BCUT2D eigenvalue weighted by molar-refractivity contribution is 5.80. The average Bonchev–Trinajstić information content (AvgIpc) is 2.85. The molecule has 0 unspecified atom stereocenters. The van der Waals surface area contributed by atoms with Gasteiger partial charge in [0.15, 0.2) is 11.6 Å². The summed E-state index contributed by atoms with van der Waals surface area (Å²) in [5.74, 6) is -0.239. The van der Waals surface area contributed by atoms with Gasteiger partial charge in [-0.1, -0.05) is 30.3 Å². The molecule has 1 amide bonds. The molecule has 0 spiro atoms. The molecule has 1 aliphatic rings. The molecule has 1 heterocycles. The summed E-state index contributed by atoms with van der Waals surface area (Å²) in [6.07, 6.45) is 0.194. The molecule has 3 nitrogen and oxygen atoms in total. The summed E-state index contributed by atoms with van der Waals surface area (Å²) in [5.41, 5.74) is 3.03. The highest BCUT2D eigenvalue weighted by atomic mass is 19.1. The summed E-state index contributed by atoms with van der Waals surface area (Å²) in [5, 5.41) is 0. The van der Waals surface area contributed by atoms with Crippen LogP contribution in [0.3, 0.4) is 0 Å². The van der Waals surface area contributed by atoms with Crippen molar-refractivity contribution in [3.05, 3.63) is 65.0 Å². The van der Waals surface area contributed by atoms with Crippen LogP contribution in [0.15, 0.2) is 42.5 Å². The van der Waals surface area contributed by atoms with Crippen LogP contribution >= 0.6 is 0 Å². The number of halogens is 1. The lowest BCUT2D eigenvalue weighted by molar-refractivity contribution is -0.132. The van der Waals surface area contributed by atoms with E-state index in [0.29, 0.717) is 12.1 Å². The number of carbonyl (C=O) groups is 1. The van der Waals surface area contributed by atoms with Gasteiger partial charge in [0.25, 0.3) is 0 Å². The van der Waals surface area contributed by atoms with Crippen molar-refractivity contribution in [3.63, 3.8) is 0 Å². The van der Waals surface area contributed by atoms with E-state index in [9.17, 15) is 9.18 Å². The van der Waals surface area contributed by atoms with Crippen LogP contribution < -0.4 is 4.74 Å². The number of fused-ring (bicyclic) bond motifs is 1. The number of hydrogen-bond acceptors (Lipinski definition) is 2. The second-order valence-electron chi connectivity index (χ2n) is 5.54. The highest BCUT2D eigenvalue weighted by Crippen LogP contribution is 2.33. The van der Waals surface area contributed by atoms with Gasteiger partial charge in [0, 0.05) is 6.54 Å². The van der Waals surface area contributed by atoms with Gasteiger partial charge in [-0.05, 0) is 35.7 Å². The third-order valence-corrected chi connectivity index (χ3v) is 4.21. The van der Waals surface area contributed by atoms with E-state index in [2.05, 4.69) is 6.07 Å². The van der Waals surface area contributed by atoms with Crippen LogP contribution in [0.2, 0.25) is 0 Å². The van der Waals surface area contributed by atoms with Crippen LogP contribution in [0.4, 0.5) is 4.39 Å². The standard InChI is InChI=1S/C18H18FNO2/c1-12-15-6-4-3-5-14(15)11-20(12)18(21)10-13-7-8-17(22-2)16(19)9-13/h3-9,12H,10-11H2,1-2H3/t12-/m0/s1. The number of benzene rings is 2. The zero-order valence-electron chi connectivity index (χ0n) is 12.7. The molecule has 0 aromatic heterocycles. The summed E-state index contributed by atoms with van der Waals surface area (Å²) in [7, 11) is 1.42. The first-order valence-corrected chi connectivity index (χ1v) is 7.30. The number of ether oxygens (including phenoxy) is 1. The van der Waals surface area contributed by atoms with Crippen LogP contribution in [-0.2, 0) is 17.8 Å². The molecule has 3 rings (SSSR count). The largest absolute Gasteiger partial charge is 0.494 e. The van der Waals surface area contributed by atoms with Crippen molar-refractivity contribution in [2.24, 2.45) is 0 Å². The first kappa shape index (κ1) is 14.6. The van der Waals surface area contributed by atoms with Gasteiger partial charge in [0.05, 0.1) is 19.6 Å². The first-order chi connectivity index (χ1) is 10.6. The van der Waals surface area contributed by atoms with Crippen molar-refractivity contribution < 1.29 is 13.9 Å². The lowest BCUT2D eigenvalue weighted by atomic mass is 10.1. The van der Waals surface area contributed by atoms with Gasteiger partial charge in [-0.25, -0.2) is 4.39 Å². The summed E-state index contributed by atoms with van der Waals surface area (Å²) < 4.78 is 18.6. The predicted octanol–water partition coefficient (Wildman–Crippen LogP) is 3.48. The van der Waals surface area contributed by atoms with E-state index in [4.69, 9.17) is 4.74 Å². The summed E-state index contributed by atoms with van der Waals surface area (Å²) in [6.45, 7) is 2.65. The number of amides is 1. The highest BCUT2D eigenvalue weighted by Gasteiger charge is 2.29. The Balaban J connectivity index is 1.75. The minimum absolute atomic E-state index is 0.00765. The van der Waals surface area contributed by atoms with E-state index >= 15 is 0 Å². The molecule has 1 atom stereocenters. The van der Waals surface area contributed by atoms with Crippen LogP contribution in [0, 0.1) is 5.82 Å². The Morgan fingerprint density at radius 3 is 2.77 bits per heavy atom. The normalized spacial score (nSPS) is 16.5. The fraction of sp³-hybridized carbons (Fsp3) is 0.278. The van der Waals surface area contributed by atoms with Crippen LogP contribution in [0.25, 0.3) is 0 Å². The molecular formula is C18H18FNO2. The third-order valence-electron chi connectivity index (χ3n) is 4.21. The monoisotopic (exact) mass is 299 g/mol. The van der Waals surface area contributed by atoms with Crippen molar-refractivity contribution in [2.75, 3.05) is 7.11 Å². The number of nitrogens with zero attached hydrogens (tertiary/aromatic N) is 1. The molecule has 22 heavy (non-hydrogen) atoms. The van der Waals surface area contributed by atoms with E-state index in [1.165, 1.54) is 24.3 Å². The smallest absolute Gasteiger partial charge is 0.227 e. The second-order valence-corrected chi connectivity index (χ2v) is 5.54. The fourth-order valence-corrected chi connectivity index (χ4v) is 2.97. The average molecular weight is 299 g/mol. The molecule has 1 aliphatic heterocycles. The summed E-state index contributed by atoms with van der Waals surface area (Å²) in [4.78, 5) is 14.4. The Bertz CT molecular complexity index is 714. The lowest BCUT2D eigenvalue weighted by Gasteiger charge is -2.22. The van der Waals surface area contributed by atoms with E-state index in [1.54, 1.807) is 12.1 Å². The third kappa shape index (κ3) is 2.56. The van der Waals surface area contributed by atoms with Crippen LogP contribution in [-0.4, -0.2) is 17.9 Å². The van der Waals surface area contributed by atoms with Gasteiger partial charge in [0.2, 0.25) is 5.91 Å². The summed E-state index contributed by atoms with van der Waals surface area (Å²) in [6, 6.07) is 12.8. The van der Waals surface area contributed by atoms with Gasteiger partial charge in [0.1, 0.15) is 0 Å². The van der Waals surface area contributed by atoms with Crippen LogP contribution in [0.5, 0.6) is 5.75 Å². The molecule has 4 heteroatoms. The van der Waals surface area contributed by atoms with Crippen molar-refractivity contribution >= 4 is 5.91 Å². The SMILES string of the molecule is COc1ccc(CC(=O)N2Cc3ccccc3[C@@H]2C)cc1F. The lowest BCUT2D eigenvalue weighted by Crippen LogP contribution is -2.29. The maximum Gasteiger partial charge on any atom is 0.227 e. The molecule has 2 aromatic carbocycles. The zero-order chi connectivity index (χ0) is 15.7. The Labute approximate surface area is 129 Å². The molecule has 0 bridgehead atoms. The van der Waals surface area contributed by atoms with Gasteiger partial charge in [-0.15, -0.1) is 0 Å². The van der Waals surface area contributed by atoms with Gasteiger partial charge in [-0.3, -0.25) is 4.79 Å². The quantitative estimate of drug-likeness (QED) is 0.868. The molecule has 0 N–H and O–H groups in total. The fourth-order valence-electron chi connectivity index (χ4n) is 2.97. The van der Waals surface area contributed by atoms with Crippen LogP contribution in [0.1, 0.15) is 29.7 Å². The van der Waals surface area contributed by atoms with Crippen molar-refractivity contribution in [3.8, 4) is 5.75 Å². The molecule has 114 valence electrons. The number of hydrogen-bond donors (Lipinski definition) is 0. The Kier molecular flexibility index (Phi) is 3.84. The number of rotatable bonds is 3. The predicted molar refractivity (Wildman–Crippen MR) is 82.1 cm³/mol.